The number of hydrogen-bond donors (Lipinski definition) is 0. The second-order valence-electron chi connectivity index (χ2n) is 5.12. The van der Waals surface area contributed by atoms with Crippen molar-refractivity contribution in [3.8, 4) is 11.1 Å². The molecule has 0 bridgehead atoms. The lowest BCUT2D eigenvalue weighted by molar-refractivity contribution is 1.07. The summed E-state index contributed by atoms with van der Waals surface area (Å²) in [6, 6.07) is 18.0. The molecule has 0 aliphatic carbocycles. The maximum absolute atomic E-state index is 2.39. The maximum Gasteiger partial charge on any atom is 0.00224 e. The molecule has 3 rings (SSSR count). The minimum Gasteiger partial charge on any atom is -0.184 e. The molecule has 2 aromatic rings. The molecule has 0 unspecified atom stereocenters. The van der Waals surface area contributed by atoms with E-state index in [1.165, 1.54) is 16.9 Å². The largest absolute Gasteiger partial charge is 0.184 e. The summed E-state index contributed by atoms with van der Waals surface area (Å²) in [5.74, 6) is 1.25. The number of rotatable bonds is 2. The molecule has 0 N–H and O–H groups in total. The fraction of sp³-hybridized carbons (Fsp3) is 0.294. The van der Waals surface area contributed by atoms with Crippen LogP contribution in [0.5, 0.6) is 0 Å². The van der Waals surface area contributed by atoms with Gasteiger partial charge in [0.15, 0.2) is 0 Å². The molecule has 2 aromatic carbocycles. The van der Waals surface area contributed by atoms with Crippen molar-refractivity contribution in [3.63, 3.8) is 0 Å². The zero-order chi connectivity index (χ0) is 12.8. The van der Waals surface area contributed by atoms with Gasteiger partial charge in [-0.2, -0.15) is 10.0 Å². The highest BCUT2D eigenvalue weighted by atomic mass is 32.3. The molecule has 94 valence electrons. The van der Waals surface area contributed by atoms with E-state index in [2.05, 4.69) is 69.3 Å². The van der Waals surface area contributed by atoms with Crippen LogP contribution < -0.4 is 0 Å². The van der Waals surface area contributed by atoms with Crippen LogP contribution in [0.1, 0.15) is 20.8 Å². The normalized spacial score (nSPS) is 17.3. The van der Waals surface area contributed by atoms with E-state index in [1.54, 1.807) is 9.79 Å². The van der Waals surface area contributed by atoms with Crippen molar-refractivity contribution in [1.29, 1.82) is 0 Å². The highest BCUT2D eigenvalue weighted by molar-refractivity contribution is 8.34. The molecular weight excluding hydrogens is 236 g/mol. The highest BCUT2D eigenvalue weighted by Crippen LogP contribution is 2.73. The zero-order valence-electron chi connectivity index (χ0n) is 11.3. The van der Waals surface area contributed by atoms with E-state index in [9.17, 15) is 0 Å². The van der Waals surface area contributed by atoms with Crippen LogP contribution >= 0.6 is 10.0 Å². The van der Waals surface area contributed by atoms with Crippen LogP contribution in [0.15, 0.2) is 58.3 Å². The Morgan fingerprint density at radius 3 is 1.67 bits per heavy atom. The van der Waals surface area contributed by atoms with Crippen molar-refractivity contribution in [2.24, 2.45) is 0 Å². The van der Waals surface area contributed by atoms with Crippen LogP contribution in [0.2, 0.25) is 0 Å². The Balaban J connectivity index is 2.40. The first-order chi connectivity index (χ1) is 8.71. The molecule has 0 spiro atoms. The van der Waals surface area contributed by atoms with Gasteiger partial charge in [-0.25, -0.2) is 0 Å². The molecule has 0 aromatic heterocycles. The van der Waals surface area contributed by atoms with E-state index in [0.29, 0.717) is 5.25 Å². The summed E-state index contributed by atoms with van der Waals surface area (Å²) < 4.78 is 0. The highest BCUT2D eigenvalue weighted by Gasteiger charge is 2.39. The van der Waals surface area contributed by atoms with E-state index in [1.807, 2.05) is 0 Å². The van der Waals surface area contributed by atoms with Crippen molar-refractivity contribution in [3.05, 3.63) is 48.5 Å². The summed E-state index contributed by atoms with van der Waals surface area (Å²) in [6.07, 6.45) is 0. The van der Waals surface area contributed by atoms with Gasteiger partial charge in [-0.05, 0) is 34.3 Å². The summed E-state index contributed by atoms with van der Waals surface area (Å²) in [4.78, 5) is 3.20. The van der Waals surface area contributed by atoms with E-state index in [4.69, 9.17) is 0 Å². The standard InChI is InChI=1S/C17H20S/c1-4-18(13(2)3)16-11-7-5-9-14(16)15-10-6-8-12-17(15)18/h5-13H,4H2,1-3H3. The lowest BCUT2D eigenvalue weighted by atomic mass is 10.1. The molecule has 1 heterocycles. The fourth-order valence-electron chi connectivity index (χ4n) is 3.28. The predicted molar refractivity (Wildman–Crippen MR) is 81.7 cm³/mol. The maximum atomic E-state index is 2.39. The molecule has 0 saturated carbocycles. The molecule has 0 fully saturated rings. The van der Waals surface area contributed by atoms with Gasteiger partial charge in [0, 0.05) is 9.79 Å². The van der Waals surface area contributed by atoms with E-state index >= 15 is 0 Å². The van der Waals surface area contributed by atoms with Crippen molar-refractivity contribution in [1.82, 2.24) is 0 Å². The van der Waals surface area contributed by atoms with E-state index < -0.39 is 10.0 Å². The molecule has 1 heteroatoms. The SMILES string of the molecule is CCS1(C(C)C)c2ccccc2-c2ccccc21. The van der Waals surface area contributed by atoms with Crippen molar-refractivity contribution in [2.75, 3.05) is 5.75 Å². The first-order valence-corrected chi connectivity index (χ1v) is 8.56. The summed E-state index contributed by atoms with van der Waals surface area (Å²) in [6.45, 7) is 7.13. The van der Waals surface area contributed by atoms with Crippen LogP contribution in [0, 0.1) is 0 Å². The molecule has 1 aliphatic rings. The lowest BCUT2D eigenvalue weighted by Crippen LogP contribution is -2.13. The summed E-state index contributed by atoms with van der Waals surface area (Å²) in [5.41, 5.74) is 2.94. The van der Waals surface area contributed by atoms with Gasteiger partial charge in [0.05, 0.1) is 0 Å². The smallest absolute Gasteiger partial charge is 0.00224 e. The van der Waals surface area contributed by atoms with Crippen molar-refractivity contribution < 1.29 is 0 Å². The molecular formula is C17H20S. The second kappa shape index (κ2) is 4.17. The minimum absolute atomic E-state index is 0.701. The third kappa shape index (κ3) is 1.34. The zero-order valence-corrected chi connectivity index (χ0v) is 12.1. The number of fused-ring (bicyclic) bond motifs is 3. The van der Waals surface area contributed by atoms with Crippen molar-refractivity contribution >= 4 is 10.0 Å². The number of benzene rings is 2. The van der Waals surface area contributed by atoms with Crippen LogP contribution in [0.4, 0.5) is 0 Å². The van der Waals surface area contributed by atoms with Crippen LogP contribution in [0.3, 0.4) is 0 Å². The molecule has 1 aliphatic heterocycles. The Morgan fingerprint density at radius 2 is 1.28 bits per heavy atom. The molecule has 0 atom stereocenters. The number of hydrogen-bond acceptors (Lipinski definition) is 0. The third-order valence-electron chi connectivity index (χ3n) is 4.11. The quantitative estimate of drug-likeness (QED) is 0.682. The molecule has 18 heavy (non-hydrogen) atoms. The molecule has 0 saturated heterocycles. The second-order valence-corrected chi connectivity index (χ2v) is 9.11. The van der Waals surface area contributed by atoms with Crippen LogP contribution in [0.25, 0.3) is 11.1 Å². The van der Waals surface area contributed by atoms with Gasteiger partial charge < -0.3 is 0 Å². The van der Waals surface area contributed by atoms with Gasteiger partial charge in [-0.3, -0.25) is 0 Å². The predicted octanol–water partition coefficient (Wildman–Crippen LogP) is 5.32. The first kappa shape index (κ1) is 11.9. The summed E-state index contributed by atoms with van der Waals surface area (Å²) >= 11 is 0. The summed E-state index contributed by atoms with van der Waals surface area (Å²) in [5, 5.41) is 0.701. The Kier molecular flexibility index (Phi) is 2.74. The van der Waals surface area contributed by atoms with Crippen molar-refractivity contribution in [2.45, 2.75) is 35.8 Å². The molecule has 0 radical (unpaired) electrons. The van der Waals surface area contributed by atoms with Gasteiger partial charge in [0.1, 0.15) is 0 Å². The van der Waals surface area contributed by atoms with Gasteiger partial charge in [0.2, 0.25) is 0 Å². The van der Waals surface area contributed by atoms with Crippen LogP contribution in [-0.4, -0.2) is 11.0 Å². The van der Waals surface area contributed by atoms with E-state index in [0.717, 1.165) is 0 Å². The lowest BCUT2D eigenvalue weighted by Gasteiger charge is -2.41. The Bertz CT molecular complexity index is 538. The fourth-order valence-corrected chi connectivity index (χ4v) is 7.61. The Hall–Kier alpha value is -1.21. The Labute approximate surface area is 111 Å². The summed E-state index contributed by atoms with van der Waals surface area (Å²) in [7, 11) is -0.834. The van der Waals surface area contributed by atoms with E-state index in [-0.39, 0.29) is 0 Å². The topological polar surface area (TPSA) is 0 Å². The van der Waals surface area contributed by atoms with Gasteiger partial charge in [0.25, 0.3) is 0 Å². The average Bonchev–Trinajstić information content (AvgIpc) is 2.70. The minimum atomic E-state index is -0.834. The van der Waals surface area contributed by atoms with Gasteiger partial charge in [-0.1, -0.05) is 57.2 Å². The third-order valence-corrected chi connectivity index (χ3v) is 8.91. The Morgan fingerprint density at radius 1 is 0.833 bits per heavy atom. The molecule has 0 amide bonds. The average molecular weight is 256 g/mol. The van der Waals surface area contributed by atoms with Crippen LogP contribution in [-0.2, 0) is 0 Å². The molecule has 0 nitrogen and oxygen atoms in total. The monoisotopic (exact) mass is 256 g/mol. The van der Waals surface area contributed by atoms with Gasteiger partial charge in [-0.15, -0.1) is 0 Å². The van der Waals surface area contributed by atoms with Gasteiger partial charge >= 0.3 is 0 Å². The first-order valence-electron chi connectivity index (χ1n) is 6.70.